The van der Waals surface area contributed by atoms with E-state index in [0.717, 1.165) is 17.5 Å². The number of benzene rings is 3. The van der Waals surface area contributed by atoms with Gasteiger partial charge in [-0.2, -0.15) is 0 Å². The smallest absolute Gasteiger partial charge is 0.324 e. The second-order valence-electron chi connectivity index (χ2n) is 8.18. The predicted molar refractivity (Wildman–Crippen MR) is 134 cm³/mol. The minimum absolute atomic E-state index is 0.0754. The van der Waals surface area contributed by atoms with Crippen molar-refractivity contribution in [2.45, 2.75) is 32.2 Å². The summed E-state index contributed by atoms with van der Waals surface area (Å²) in [6.07, 6.45) is 1.52. The molecule has 0 bridgehead atoms. The average molecular weight is 462 g/mol. The van der Waals surface area contributed by atoms with Crippen molar-refractivity contribution in [2.24, 2.45) is 0 Å². The van der Waals surface area contributed by atoms with E-state index in [1.807, 2.05) is 90.7 Å². The van der Waals surface area contributed by atoms with Crippen LogP contribution in [0.2, 0.25) is 5.02 Å². The van der Waals surface area contributed by atoms with Crippen LogP contribution in [0.15, 0.2) is 78.9 Å². The second-order valence-corrected chi connectivity index (χ2v) is 8.59. The highest BCUT2D eigenvalue weighted by atomic mass is 35.5. The Labute approximate surface area is 200 Å². The molecule has 1 heterocycles. The zero-order valence-corrected chi connectivity index (χ0v) is 19.5. The SMILES string of the molecule is CC[C@@H](C(=O)Nc1ccccc1N1CCCN(Cc2ccccc2Cl)C1=O)c1ccccc1. The fraction of sp³-hybridized carbons (Fsp3) is 0.259. The first-order valence-corrected chi connectivity index (χ1v) is 11.7. The summed E-state index contributed by atoms with van der Waals surface area (Å²) in [6, 6.07) is 24.8. The normalized spacial score (nSPS) is 14.8. The van der Waals surface area contributed by atoms with E-state index in [0.29, 0.717) is 42.5 Å². The zero-order chi connectivity index (χ0) is 23.2. The maximum absolute atomic E-state index is 13.4. The molecule has 3 aromatic carbocycles. The first-order chi connectivity index (χ1) is 16.1. The third-order valence-corrected chi connectivity index (χ3v) is 6.38. The van der Waals surface area contributed by atoms with Crippen LogP contribution in [0, 0.1) is 0 Å². The lowest BCUT2D eigenvalue weighted by Gasteiger charge is -2.36. The Morgan fingerprint density at radius 1 is 0.970 bits per heavy atom. The van der Waals surface area contributed by atoms with E-state index in [4.69, 9.17) is 11.6 Å². The number of hydrogen-bond donors (Lipinski definition) is 1. The second kappa shape index (κ2) is 10.5. The third kappa shape index (κ3) is 5.20. The number of amides is 3. The minimum Gasteiger partial charge on any atom is -0.324 e. The number of hydrogen-bond acceptors (Lipinski definition) is 2. The van der Waals surface area contributed by atoms with Gasteiger partial charge in [-0.3, -0.25) is 9.69 Å². The lowest BCUT2D eigenvalue weighted by molar-refractivity contribution is -0.117. The van der Waals surface area contributed by atoms with Gasteiger partial charge in [0.05, 0.1) is 17.3 Å². The Morgan fingerprint density at radius 2 is 1.67 bits per heavy atom. The topological polar surface area (TPSA) is 52.7 Å². The summed E-state index contributed by atoms with van der Waals surface area (Å²) in [4.78, 5) is 30.1. The van der Waals surface area contributed by atoms with Crippen molar-refractivity contribution in [3.8, 4) is 0 Å². The van der Waals surface area contributed by atoms with Crippen LogP contribution < -0.4 is 10.2 Å². The fourth-order valence-corrected chi connectivity index (χ4v) is 4.47. The number of carbonyl (C=O) groups is 2. The first-order valence-electron chi connectivity index (χ1n) is 11.3. The first kappa shape index (κ1) is 22.9. The molecule has 6 heteroatoms. The van der Waals surface area contributed by atoms with Crippen LogP contribution in [-0.4, -0.2) is 29.9 Å². The number of urea groups is 1. The molecule has 0 aromatic heterocycles. The number of para-hydroxylation sites is 2. The molecule has 1 atom stereocenters. The van der Waals surface area contributed by atoms with Crippen molar-refractivity contribution < 1.29 is 9.59 Å². The molecule has 0 aliphatic carbocycles. The largest absolute Gasteiger partial charge is 0.324 e. The van der Waals surface area contributed by atoms with E-state index in [1.54, 1.807) is 4.90 Å². The molecule has 4 rings (SSSR count). The van der Waals surface area contributed by atoms with Crippen LogP contribution in [0.25, 0.3) is 0 Å². The lowest BCUT2D eigenvalue weighted by Crippen LogP contribution is -2.49. The molecule has 3 aromatic rings. The summed E-state index contributed by atoms with van der Waals surface area (Å²) in [5.74, 6) is -0.332. The van der Waals surface area contributed by atoms with Gasteiger partial charge in [-0.25, -0.2) is 4.79 Å². The fourth-order valence-electron chi connectivity index (χ4n) is 4.28. The van der Waals surface area contributed by atoms with Gasteiger partial charge in [-0.1, -0.05) is 79.2 Å². The molecular weight excluding hydrogens is 434 g/mol. The predicted octanol–water partition coefficient (Wildman–Crippen LogP) is 6.30. The Hall–Kier alpha value is -3.31. The van der Waals surface area contributed by atoms with Gasteiger partial charge in [0, 0.05) is 24.7 Å². The van der Waals surface area contributed by atoms with Crippen molar-refractivity contribution in [1.29, 1.82) is 0 Å². The number of nitrogens with zero attached hydrogens (tertiary/aromatic N) is 2. The summed E-state index contributed by atoms with van der Waals surface area (Å²) in [6.45, 7) is 3.72. The number of anilines is 2. The third-order valence-electron chi connectivity index (χ3n) is 6.01. The maximum atomic E-state index is 13.4. The highest BCUT2D eigenvalue weighted by Gasteiger charge is 2.29. The van der Waals surface area contributed by atoms with E-state index < -0.39 is 0 Å². The van der Waals surface area contributed by atoms with Gasteiger partial charge in [-0.15, -0.1) is 0 Å². The quantitative estimate of drug-likeness (QED) is 0.448. The Morgan fingerprint density at radius 3 is 2.42 bits per heavy atom. The van der Waals surface area contributed by atoms with Crippen LogP contribution in [-0.2, 0) is 11.3 Å². The van der Waals surface area contributed by atoms with Crippen LogP contribution >= 0.6 is 11.6 Å². The summed E-state index contributed by atoms with van der Waals surface area (Å²) in [7, 11) is 0. The molecule has 0 unspecified atom stereocenters. The van der Waals surface area contributed by atoms with E-state index >= 15 is 0 Å². The maximum Gasteiger partial charge on any atom is 0.324 e. The molecule has 1 aliphatic heterocycles. The standard InChI is InChI=1S/C27H28ClN3O2/c1-2-22(20-11-4-3-5-12-20)26(32)29-24-15-8-9-16-25(24)31-18-10-17-30(27(31)33)19-21-13-6-7-14-23(21)28/h3-9,11-16,22H,2,10,17-19H2,1H3,(H,29,32)/t22-/m1/s1. The van der Waals surface area contributed by atoms with Crippen molar-refractivity contribution in [1.82, 2.24) is 4.90 Å². The number of nitrogens with one attached hydrogen (secondary N) is 1. The molecule has 5 nitrogen and oxygen atoms in total. The number of rotatable bonds is 7. The molecule has 3 amide bonds. The van der Waals surface area contributed by atoms with Gasteiger partial charge in [0.1, 0.15) is 0 Å². The highest BCUT2D eigenvalue weighted by Crippen LogP contribution is 2.31. The number of halogens is 1. The molecule has 170 valence electrons. The summed E-state index contributed by atoms with van der Waals surface area (Å²) < 4.78 is 0. The van der Waals surface area contributed by atoms with Crippen molar-refractivity contribution in [2.75, 3.05) is 23.3 Å². The van der Waals surface area contributed by atoms with Gasteiger partial charge in [-0.05, 0) is 42.2 Å². The van der Waals surface area contributed by atoms with Crippen molar-refractivity contribution in [3.63, 3.8) is 0 Å². The molecule has 0 radical (unpaired) electrons. The molecule has 1 fully saturated rings. The van der Waals surface area contributed by atoms with Gasteiger partial charge in [0.15, 0.2) is 0 Å². The van der Waals surface area contributed by atoms with E-state index in [-0.39, 0.29) is 17.9 Å². The van der Waals surface area contributed by atoms with E-state index in [9.17, 15) is 9.59 Å². The van der Waals surface area contributed by atoms with Gasteiger partial charge in [0.25, 0.3) is 0 Å². The van der Waals surface area contributed by atoms with Crippen LogP contribution in [0.5, 0.6) is 0 Å². The Bertz CT molecular complexity index is 1120. The van der Waals surface area contributed by atoms with E-state index in [1.165, 1.54) is 0 Å². The molecule has 0 spiro atoms. The Kier molecular flexibility index (Phi) is 7.30. The van der Waals surface area contributed by atoms with Crippen molar-refractivity contribution >= 4 is 34.9 Å². The summed E-state index contributed by atoms with van der Waals surface area (Å²) in [5.41, 5.74) is 3.26. The Balaban J connectivity index is 1.54. The zero-order valence-electron chi connectivity index (χ0n) is 18.7. The average Bonchev–Trinajstić information content (AvgIpc) is 2.83. The van der Waals surface area contributed by atoms with Crippen LogP contribution in [0.3, 0.4) is 0 Å². The summed E-state index contributed by atoms with van der Waals surface area (Å²) >= 11 is 6.32. The lowest BCUT2D eigenvalue weighted by atomic mass is 9.95. The monoisotopic (exact) mass is 461 g/mol. The van der Waals surface area contributed by atoms with Gasteiger partial charge >= 0.3 is 6.03 Å². The molecule has 33 heavy (non-hydrogen) atoms. The van der Waals surface area contributed by atoms with E-state index in [2.05, 4.69) is 5.32 Å². The van der Waals surface area contributed by atoms with Gasteiger partial charge < -0.3 is 10.2 Å². The van der Waals surface area contributed by atoms with Gasteiger partial charge in [0.2, 0.25) is 5.91 Å². The highest BCUT2D eigenvalue weighted by molar-refractivity contribution is 6.31. The molecule has 1 aliphatic rings. The molecular formula is C27H28ClN3O2. The minimum atomic E-state index is -0.256. The molecule has 1 saturated heterocycles. The molecule has 0 saturated carbocycles. The van der Waals surface area contributed by atoms with Crippen LogP contribution in [0.4, 0.5) is 16.2 Å². The number of carbonyl (C=O) groups excluding carboxylic acids is 2. The summed E-state index contributed by atoms with van der Waals surface area (Å²) in [5, 5.41) is 3.73. The molecule has 1 N–H and O–H groups in total. The van der Waals surface area contributed by atoms with Crippen LogP contribution in [0.1, 0.15) is 36.8 Å². The van der Waals surface area contributed by atoms with Crippen molar-refractivity contribution in [3.05, 3.63) is 95.0 Å².